The molecule has 1 amide bonds. The second-order valence-corrected chi connectivity index (χ2v) is 6.68. The summed E-state index contributed by atoms with van der Waals surface area (Å²) < 4.78 is 0. The van der Waals surface area contributed by atoms with Gasteiger partial charge in [-0.05, 0) is 30.5 Å². The fraction of sp³-hybridized carbons (Fsp3) is 0.188. The fourth-order valence-electron chi connectivity index (χ4n) is 2.04. The number of nitrogens with zero attached hydrogens (tertiary/aromatic N) is 2. The topological polar surface area (TPSA) is 54.9 Å². The van der Waals surface area contributed by atoms with Gasteiger partial charge in [-0.15, -0.1) is 22.7 Å². The number of hydrogen-bond donors (Lipinski definition) is 1. The lowest BCUT2D eigenvalue weighted by Crippen LogP contribution is -2.25. The predicted octanol–water partition coefficient (Wildman–Crippen LogP) is 3.55. The Labute approximate surface area is 136 Å². The number of pyridine rings is 1. The minimum absolute atomic E-state index is 0.0614. The minimum atomic E-state index is -0.0614. The molecule has 0 atom stereocenters. The summed E-state index contributed by atoms with van der Waals surface area (Å²) in [5.74, 6) is -0.0614. The molecule has 3 rings (SSSR count). The lowest BCUT2D eigenvalue weighted by atomic mass is 10.2. The molecule has 0 saturated heterocycles. The Hall–Kier alpha value is -2.05. The molecule has 6 heteroatoms. The molecule has 1 N–H and O–H groups in total. The van der Waals surface area contributed by atoms with Crippen LogP contribution in [0.3, 0.4) is 0 Å². The van der Waals surface area contributed by atoms with Crippen LogP contribution in [-0.4, -0.2) is 22.4 Å². The van der Waals surface area contributed by atoms with Gasteiger partial charge < -0.3 is 5.32 Å². The van der Waals surface area contributed by atoms with Crippen molar-refractivity contribution in [1.82, 2.24) is 15.3 Å². The second kappa shape index (κ2) is 6.81. The number of aromatic nitrogens is 2. The summed E-state index contributed by atoms with van der Waals surface area (Å²) >= 11 is 3.08. The molecule has 0 spiro atoms. The van der Waals surface area contributed by atoms with Crippen molar-refractivity contribution >= 4 is 28.6 Å². The van der Waals surface area contributed by atoms with Gasteiger partial charge in [0.1, 0.15) is 9.88 Å². The van der Waals surface area contributed by atoms with Crippen LogP contribution in [0.5, 0.6) is 0 Å². The number of thiazole rings is 1. The number of hydrogen-bond acceptors (Lipinski definition) is 5. The highest BCUT2D eigenvalue weighted by Gasteiger charge is 2.16. The van der Waals surface area contributed by atoms with Crippen molar-refractivity contribution < 1.29 is 4.79 Å². The molecule has 0 radical (unpaired) electrons. The Morgan fingerprint density at radius 2 is 2.18 bits per heavy atom. The average Bonchev–Trinajstić information content (AvgIpc) is 3.17. The van der Waals surface area contributed by atoms with Crippen molar-refractivity contribution in [2.45, 2.75) is 13.3 Å². The maximum Gasteiger partial charge on any atom is 0.263 e. The Kier molecular flexibility index (Phi) is 4.60. The average molecular weight is 329 g/mol. The van der Waals surface area contributed by atoms with E-state index in [-0.39, 0.29) is 5.91 Å². The molecule has 3 aromatic rings. The maximum atomic E-state index is 12.3. The van der Waals surface area contributed by atoms with E-state index in [0.29, 0.717) is 11.4 Å². The van der Waals surface area contributed by atoms with Crippen molar-refractivity contribution in [2.24, 2.45) is 0 Å². The molecule has 0 bridgehead atoms. The normalized spacial score (nSPS) is 10.6. The predicted molar refractivity (Wildman–Crippen MR) is 90.4 cm³/mol. The van der Waals surface area contributed by atoms with Gasteiger partial charge in [-0.1, -0.05) is 12.1 Å². The Morgan fingerprint density at radius 1 is 1.27 bits per heavy atom. The zero-order valence-corrected chi connectivity index (χ0v) is 13.7. The molecule has 3 aromatic heterocycles. The van der Waals surface area contributed by atoms with Gasteiger partial charge >= 0.3 is 0 Å². The van der Waals surface area contributed by atoms with Crippen molar-refractivity contribution in [3.05, 3.63) is 58.2 Å². The van der Waals surface area contributed by atoms with E-state index in [1.807, 2.05) is 42.6 Å². The van der Waals surface area contributed by atoms with Crippen LogP contribution in [0, 0.1) is 6.92 Å². The van der Waals surface area contributed by atoms with Crippen molar-refractivity contribution in [3.63, 3.8) is 0 Å². The quantitative estimate of drug-likeness (QED) is 0.779. The first-order valence-corrected chi connectivity index (χ1v) is 8.63. The van der Waals surface area contributed by atoms with E-state index < -0.39 is 0 Å². The lowest BCUT2D eigenvalue weighted by Gasteiger charge is -2.03. The summed E-state index contributed by atoms with van der Waals surface area (Å²) in [6, 6.07) is 9.80. The van der Waals surface area contributed by atoms with Gasteiger partial charge in [0, 0.05) is 24.9 Å². The molecule has 0 fully saturated rings. The third-order valence-corrected chi connectivity index (χ3v) is 5.32. The van der Waals surface area contributed by atoms with Gasteiger partial charge in [0.15, 0.2) is 0 Å². The number of aryl methyl sites for hydroxylation is 1. The number of rotatable bonds is 5. The van der Waals surface area contributed by atoms with Crippen molar-refractivity contribution in [2.75, 3.05) is 6.54 Å². The van der Waals surface area contributed by atoms with E-state index in [9.17, 15) is 4.79 Å². The zero-order valence-electron chi connectivity index (χ0n) is 12.1. The standard InChI is InChI=1S/C16H15N3OS2/c1-11-14(22-16(19-11)13-6-4-10-21-13)15(20)18-9-7-12-5-2-3-8-17-12/h2-6,8,10H,7,9H2,1H3,(H,18,20). The third kappa shape index (κ3) is 3.40. The lowest BCUT2D eigenvalue weighted by molar-refractivity contribution is 0.0957. The molecule has 0 aliphatic rings. The summed E-state index contributed by atoms with van der Waals surface area (Å²) in [5, 5.41) is 5.86. The van der Waals surface area contributed by atoms with Gasteiger partial charge in [-0.3, -0.25) is 9.78 Å². The van der Waals surface area contributed by atoms with Crippen molar-refractivity contribution in [1.29, 1.82) is 0 Å². The van der Waals surface area contributed by atoms with Gasteiger partial charge in [-0.2, -0.15) is 0 Å². The Balaban J connectivity index is 1.63. The molecular formula is C16H15N3OS2. The highest BCUT2D eigenvalue weighted by atomic mass is 32.1. The number of carbonyl (C=O) groups excluding carboxylic acids is 1. The number of carbonyl (C=O) groups is 1. The third-order valence-electron chi connectivity index (χ3n) is 3.13. The van der Waals surface area contributed by atoms with Crippen LogP contribution < -0.4 is 5.32 Å². The summed E-state index contributed by atoms with van der Waals surface area (Å²) in [7, 11) is 0. The zero-order chi connectivity index (χ0) is 15.4. The second-order valence-electron chi connectivity index (χ2n) is 4.74. The van der Waals surface area contributed by atoms with Crippen LogP contribution in [0.1, 0.15) is 21.1 Å². The Bertz CT molecular complexity index is 751. The van der Waals surface area contributed by atoms with E-state index >= 15 is 0 Å². The van der Waals surface area contributed by atoms with Crippen LogP contribution >= 0.6 is 22.7 Å². The molecule has 4 nitrogen and oxygen atoms in total. The molecule has 0 aliphatic carbocycles. The highest BCUT2D eigenvalue weighted by Crippen LogP contribution is 2.30. The molecule has 0 aliphatic heterocycles. The van der Waals surface area contributed by atoms with E-state index in [4.69, 9.17) is 0 Å². The van der Waals surface area contributed by atoms with E-state index in [1.165, 1.54) is 11.3 Å². The first kappa shape index (κ1) is 14.9. The molecule has 112 valence electrons. The van der Waals surface area contributed by atoms with Gasteiger partial charge in [0.25, 0.3) is 5.91 Å². The van der Waals surface area contributed by atoms with Gasteiger partial charge in [-0.25, -0.2) is 4.98 Å². The molecule has 0 saturated carbocycles. The molecule has 22 heavy (non-hydrogen) atoms. The van der Waals surface area contributed by atoms with Crippen LogP contribution in [0.4, 0.5) is 0 Å². The number of amides is 1. The van der Waals surface area contributed by atoms with E-state index in [1.54, 1.807) is 17.5 Å². The fourth-order valence-corrected chi connectivity index (χ4v) is 3.82. The largest absolute Gasteiger partial charge is 0.351 e. The minimum Gasteiger partial charge on any atom is -0.351 e. The first-order chi connectivity index (χ1) is 10.7. The van der Waals surface area contributed by atoms with Gasteiger partial charge in [0.05, 0.1) is 10.6 Å². The van der Waals surface area contributed by atoms with Crippen LogP contribution in [0.15, 0.2) is 41.9 Å². The molecule has 3 heterocycles. The highest BCUT2D eigenvalue weighted by molar-refractivity contribution is 7.22. The summed E-state index contributed by atoms with van der Waals surface area (Å²) in [4.78, 5) is 22.8. The van der Waals surface area contributed by atoms with Gasteiger partial charge in [0.2, 0.25) is 0 Å². The molecule has 0 unspecified atom stereocenters. The monoisotopic (exact) mass is 329 g/mol. The van der Waals surface area contributed by atoms with E-state index in [2.05, 4.69) is 15.3 Å². The first-order valence-electron chi connectivity index (χ1n) is 6.93. The van der Waals surface area contributed by atoms with E-state index in [0.717, 1.165) is 27.7 Å². The van der Waals surface area contributed by atoms with Crippen LogP contribution in [-0.2, 0) is 6.42 Å². The van der Waals surface area contributed by atoms with Crippen LogP contribution in [0.25, 0.3) is 9.88 Å². The maximum absolute atomic E-state index is 12.3. The summed E-state index contributed by atoms with van der Waals surface area (Å²) in [6.45, 7) is 2.45. The Morgan fingerprint density at radius 3 is 2.91 bits per heavy atom. The molecular weight excluding hydrogens is 314 g/mol. The number of thiophene rings is 1. The SMILES string of the molecule is Cc1nc(-c2cccs2)sc1C(=O)NCCc1ccccn1. The van der Waals surface area contributed by atoms with Crippen LogP contribution in [0.2, 0.25) is 0 Å². The molecule has 0 aromatic carbocycles. The summed E-state index contributed by atoms with van der Waals surface area (Å²) in [5.41, 5.74) is 1.76. The van der Waals surface area contributed by atoms with Crippen molar-refractivity contribution in [3.8, 4) is 9.88 Å². The summed E-state index contributed by atoms with van der Waals surface area (Å²) in [6.07, 6.45) is 2.49. The smallest absolute Gasteiger partial charge is 0.263 e. The number of nitrogens with one attached hydrogen (secondary N) is 1.